The number of aliphatic imine (C=N–C) groups is 1. The summed E-state index contributed by atoms with van der Waals surface area (Å²) in [6, 6.07) is 1.59. The van der Waals surface area contributed by atoms with Gasteiger partial charge in [0.1, 0.15) is 5.17 Å². The normalized spacial score (nSPS) is 23.4. The molecule has 1 aromatic rings. The summed E-state index contributed by atoms with van der Waals surface area (Å²) in [5.74, 6) is -1.23. The van der Waals surface area contributed by atoms with Crippen molar-refractivity contribution in [3.05, 3.63) is 70.7 Å². The van der Waals surface area contributed by atoms with Crippen LogP contribution in [0.5, 0.6) is 0 Å². The molecule has 0 aromatic carbocycles. The smallest absolute Gasteiger partial charge is 0.545 e. The first-order chi connectivity index (χ1) is 10.6. The van der Waals surface area contributed by atoms with Crippen LogP contribution < -0.4 is 34.7 Å². The molecule has 0 fully saturated rings. The van der Waals surface area contributed by atoms with Gasteiger partial charge < -0.3 is 9.90 Å². The number of halogens is 1. The van der Waals surface area contributed by atoms with Gasteiger partial charge in [0, 0.05) is 11.8 Å². The molecule has 3 aliphatic rings. The van der Waals surface area contributed by atoms with Gasteiger partial charge in [-0.1, -0.05) is 35.9 Å². The molecule has 0 bridgehead atoms. The topological polar surface area (TPSA) is 65.4 Å². The third kappa shape index (κ3) is 2.37. The van der Waals surface area contributed by atoms with Gasteiger partial charge in [-0.3, -0.25) is 4.98 Å². The number of nitrogens with zero attached hydrogens (tertiary/aromatic N) is 2. The van der Waals surface area contributed by atoms with Crippen LogP contribution in [0.4, 0.5) is 0 Å². The van der Waals surface area contributed by atoms with Crippen molar-refractivity contribution in [2.75, 3.05) is 0 Å². The van der Waals surface area contributed by atoms with E-state index >= 15 is 0 Å². The Hall–Kier alpha value is -1.46. The molecule has 1 spiro atoms. The number of carbonyl (C=O) groups excluding carboxylic acids is 1. The number of hydrogen-bond donors (Lipinski definition) is 0. The van der Waals surface area contributed by atoms with Crippen LogP contribution in [0.1, 0.15) is 28.0 Å². The van der Waals surface area contributed by atoms with Crippen molar-refractivity contribution in [2.24, 2.45) is 4.99 Å². The Morgan fingerprint density at radius 1 is 1.35 bits per heavy atom. The maximum atomic E-state index is 11.0. The SMILES string of the molecule is O=C([O-])c1cnc2c(c1)C=CC1=CC(Cl)=NC3=CC=CCC132.[Na+]. The van der Waals surface area contributed by atoms with Crippen molar-refractivity contribution in [3.63, 3.8) is 0 Å². The molecule has 4 rings (SSSR count). The molecule has 4 nitrogen and oxygen atoms in total. The fraction of sp³-hybridized carbons (Fsp3) is 0.118. The number of carboxylic acid groups (broad SMARTS) is 1. The van der Waals surface area contributed by atoms with E-state index in [1.54, 1.807) is 6.07 Å². The zero-order valence-electron chi connectivity index (χ0n) is 12.4. The van der Waals surface area contributed by atoms with Gasteiger partial charge in [-0.2, -0.15) is 0 Å². The van der Waals surface area contributed by atoms with E-state index in [2.05, 4.69) is 16.1 Å². The number of dihydropyridines is 1. The number of carbonyl (C=O) groups is 1. The average Bonchev–Trinajstić information content (AvgIpc) is 2.52. The Morgan fingerprint density at radius 3 is 2.96 bits per heavy atom. The monoisotopic (exact) mass is 332 g/mol. The molecule has 108 valence electrons. The van der Waals surface area contributed by atoms with Gasteiger partial charge in [-0.05, 0) is 35.8 Å². The number of fused-ring (bicyclic) bond motifs is 1. The minimum atomic E-state index is -1.23. The summed E-state index contributed by atoms with van der Waals surface area (Å²) in [6.45, 7) is 0. The van der Waals surface area contributed by atoms with Gasteiger partial charge in [0.05, 0.1) is 22.8 Å². The van der Waals surface area contributed by atoms with E-state index < -0.39 is 11.4 Å². The molecule has 2 heterocycles. The second kappa shape index (κ2) is 5.87. The van der Waals surface area contributed by atoms with Crippen molar-refractivity contribution in [2.45, 2.75) is 11.8 Å². The quantitative estimate of drug-likeness (QED) is 0.628. The predicted molar refractivity (Wildman–Crippen MR) is 82.5 cm³/mol. The number of carboxylic acids is 1. The molecule has 6 heteroatoms. The molecule has 0 saturated heterocycles. The number of aromatic nitrogens is 1. The Kier molecular flexibility index (Phi) is 4.19. The molecule has 1 atom stereocenters. The number of rotatable bonds is 1. The first-order valence-corrected chi connectivity index (χ1v) is 7.23. The zero-order chi connectivity index (χ0) is 15.3. The van der Waals surface area contributed by atoms with Crippen molar-refractivity contribution < 1.29 is 39.5 Å². The predicted octanol–water partition coefficient (Wildman–Crippen LogP) is -0.865. The van der Waals surface area contributed by atoms with E-state index in [-0.39, 0.29) is 35.1 Å². The van der Waals surface area contributed by atoms with E-state index in [1.807, 2.05) is 30.4 Å². The van der Waals surface area contributed by atoms with Crippen LogP contribution in [0.3, 0.4) is 0 Å². The van der Waals surface area contributed by atoms with Gasteiger partial charge in [0.2, 0.25) is 0 Å². The number of hydrogen-bond acceptors (Lipinski definition) is 4. The molecule has 0 saturated carbocycles. The second-order valence-electron chi connectivity index (χ2n) is 5.41. The van der Waals surface area contributed by atoms with Crippen LogP contribution in [0.25, 0.3) is 6.08 Å². The van der Waals surface area contributed by atoms with E-state index in [1.165, 1.54) is 6.20 Å². The molecule has 0 N–H and O–H groups in total. The van der Waals surface area contributed by atoms with Crippen molar-refractivity contribution >= 4 is 28.8 Å². The van der Waals surface area contributed by atoms with E-state index in [4.69, 9.17) is 11.6 Å². The molecule has 23 heavy (non-hydrogen) atoms. The summed E-state index contributed by atoms with van der Waals surface area (Å²) in [7, 11) is 0. The van der Waals surface area contributed by atoms with Gasteiger partial charge in [-0.15, -0.1) is 0 Å². The van der Waals surface area contributed by atoms with E-state index in [9.17, 15) is 9.90 Å². The third-order valence-electron chi connectivity index (χ3n) is 4.25. The Balaban J connectivity index is 0.00000156. The number of aromatic carboxylic acids is 1. The summed E-state index contributed by atoms with van der Waals surface area (Å²) >= 11 is 6.12. The summed E-state index contributed by atoms with van der Waals surface area (Å²) in [6.07, 6.45) is 13.6. The first-order valence-electron chi connectivity index (χ1n) is 6.85. The van der Waals surface area contributed by atoms with Crippen molar-refractivity contribution in [3.8, 4) is 0 Å². The molecular weight excluding hydrogens is 323 g/mol. The summed E-state index contributed by atoms with van der Waals surface area (Å²) < 4.78 is 0. The maximum Gasteiger partial charge on any atom is 1.00 e. The van der Waals surface area contributed by atoms with Crippen molar-refractivity contribution in [1.82, 2.24) is 4.98 Å². The zero-order valence-corrected chi connectivity index (χ0v) is 15.2. The first kappa shape index (κ1) is 16.4. The number of allylic oxidation sites excluding steroid dienone is 6. The Morgan fingerprint density at radius 2 is 2.17 bits per heavy atom. The Labute approximate surface area is 160 Å². The van der Waals surface area contributed by atoms with Crippen LogP contribution in [0, 0.1) is 0 Å². The standard InChI is InChI=1S/C17H11ClN2O2.Na/c18-14-8-12-5-4-10-7-11(16(21)22)9-19-15(10)17(12)6-2-1-3-13(17)20-14;/h1-5,7-9H,6H2,(H,21,22);/q;+1/p-1. The largest absolute Gasteiger partial charge is 1.00 e. The fourth-order valence-electron chi connectivity index (χ4n) is 3.25. The minimum Gasteiger partial charge on any atom is -0.545 e. The fourth-order valence-corrected chi connectivity index (χ4v) is 3.46. The average molecular weight is 333 g/mol. The molecule has 1 aliphatic heterocycles. The summed E-state index contributed by atoms with van der Waals surface area (Å²) in [4.78, 5) is 19.9. The molecule has 2 aliphatic carbocycles. The molecule has 1 aromatic heterocycles. The summed E-state index contributed by atoms with van der Waals surface area (Å²) in [5, 5.41) is 11.5. The number of pyridine rings is 1. The summed E-state index contributed by atoms with van der Waals surface area (Å²) in [5.41, 5.74) is 3.01. The van der Waals surface area contributed by atoms with Crippen LogP contribution in [0.2, 0.25) is 0 Å². The molecule has 0 amide bonds. The van der Waals surface area contributed by atoms with E-state index in [0.717, 1.165) is 22.5 Å². The minimum absolute atomic E-state index is 0. The van der Waals surface area contributed by atoms with Crippen LogP contribution in [0.15, 0.2) is 58.9 Å². The van der Waals surface area contributed by atoms with Gasteiger partial charge >= 0.3 is 29.6 Å². The molecular formula is C17H10ClN2NaO2. The van der Waals surface area contributed by atoms with Gasteiger partial charge in [0.15, 0.2) is 0 Å². The van der Waals surface area contributed by atoms with Crippen LogP contribution in [-0.2, 0) is 5.41 Å². The Bertz CT molecular complexity index is 867. The molecule has 1 unspecified atom stereocenters. The third-order valence-corrected chi connectivity index (χ3v) is 4.44. The van der Waals surface area contributed by atoms with E-state index in [0.29, 0.717) is 11.6 Å². The maximum absolute atomic E-state index is 11.0. The van der Waals surface area contributed by atoms with Crippen LogP contribution >= 0.6 is 11.6 Å². The molecule has 0 radical (unpaired) electrons. The van der Waals surface area contributed by atoms with Crippen molar-refractivity contribution in [1.29, 1.82) is 0 Å². The second-order valence-corrected chi connectivity index (χ2v) is 5.79. The van der Waals surface area contributed by atoms with Crippen LogP contribution in [-0.4, -0.2) is 16.1 Å². The van der Waals surface area contributed by atoms with Gasteiger partial charge in [0.25, 0.3) is 0 Å². The van der Waals surface area contributed by atoms with Gasteiger partial charge in [-0.25, -0.2) is 4.99 Å².